The fourth-order valence-electron chi connectivity index (χ4n) is 4.21. The topological polar surface area (TPSA) is 62.3 Å². The van der Waals surface area contributed by atoms with Gasteiger partial charge in [0.15, 0.2) is 6.61 Å². The van der Waals surface area contributed by atoms with Crippen molar-refractivity contribution < 1.29 is 23.5 Å². The van der Waals surface area contributed by atoms with E-state index in [-0.39, 0.29) is 30.3 Å². The maximum absolute atomic E-state index is 13.2. The molecule has 170 valence electrons. The third kappa shape index (κ3) is 5.19. The van der Waals surface area contributed by atoms with E-state index in [1.54, 1.807) is 53.3 Å². The molecule has 0 saturated carbocycles. The lowest BCUT2D eigenvalue weighted by Gasteiger charge is -2.40. The Bertz CT molecular complexity index is 935. The van der Waals surface area contributed by atoms with Crippen LogP contribution in [0.4, 0.5) is 4.39 Å². The Labute approximate surface area is 187 Å². The maximum atomic E-state index is 13.2. The van der Waals surface area contributed by atoms with Crippen LogP contribution in [-0.2, 0) is 16.1 Å². The van der Waals surface area contributed by atoms with Gasteiger partial charge in [0.25, 0.3) is 5.91 Å². The predicted octanol–water partition coefficient (Wildman–Crippen LogP) is 2.16. The molecule has 1 unspecified atom stereocenters. The highest BCUT2D eigenvalue weighted by Gasteiger charge is 2.38. The summed E-state index contributed by atoms with van der Waals surface area (Å²) in [6.07, 6.45) is 0.815. The monoisotopic (exact) mass is 441 g/mol. The van der Waals surface area contributed by atoms with Crippen molar-refractivity contribution in [1.29, 1.82) is 0 Å². The van der Waals surface area contributed by atoms with Gasteiger partial charge in [-0.1, -0.05) is 12.1 Å². The van der Waals surface area contributed by atoms with E-state index in [9.17, 15) is 14.0 Å². The first-order valence-corrected chi connectivity index (χ1v) is 10.9. The number of halogens is 1. The minimum atomic E-state index is -0.364. The van der Waals surface area contributed by atoms with E-state index in [2.05, 4.69) is 4.90 Å². The molecule has 0 N–H and O–H groups in total. The largest absolute Gasteiger partial charge is 0.497 e. The molecule has 1 atom stereocenters. The predicted molar refractivity (Wildman–Crippen MR) is 117 cm³/mol. The van der Waals surface area contributed by atoms with Crippen molar-refractivity contribution in [3.8, 4) is 11.5 Å². The third-order valence-electron chi connectivity index (χ3n) is 6.02. The summed E-state index contributed by atoms with van der Waals surface area (Å²) in [5.41, 5.74) is 0.891. The summed E-state index contributed by atoms with van der Waals surface area (Å²) >= 11 is 0. The number of nitrogens with zero attached hydrogens (tertiary/aromatic N) is 3. The average Bonchev–Trinajstić information content (AvgIpc) is 3.04. The zero-order valence-electron chi connectivity index (χ0n) is 18.2. The summed E-state index contributed by atoms with van der Waals surface area (Å²) in [4.78, 5) is 31.8. The molecule has 32 heavy (non-hydrogen) atoms. The zero-order valence-corrected chi connectivity index (χ0v) is 18.2. The maximum Gasteiger partial charge on any atom is 0.260 e. The second kappa shape index (κ2) is 9.99. The first kappa shape index (κ1) is 22.1. The Morgan fingerprint density at radius 1 is 1.00 bits per heavy atom. The van der Waals surface area contributed by atoms with Crippen LogP contribution in [0, 0.1) is 5.82 Å². The summed E-state index contributed by atoms with van der Waals surface area (Å²) in [5, 5.41) is 0. The molecule has 2 aliphatic rings. The van der Waals surface area contributed by atoms with Gasteiger partial charge in [0.1, 0.15) is 23.4 Å². The molecule has 2 aromatic rings. The van der Waals surface area contributed by atoms with Crippen LogP contribution in [0.3, 0.4) is 0 Å². The van der Waals surface area contributed by atoms with Crippen LogP contribution >= 0.6 is 0 Å². The van der Waals surface area contributed by atoms with Gasteiger partial charge in [0, 0.05) is 39.3 Å². The number of hydrogen-bond acceptors (Lipinski definition) is 5. The van der Waals surface area contributed by atoms with Crippen molar-refractivity contribution in [2.45, 2.75) is 19.0 Å². The molecule has 0 aromatic heterocycles. The summed E-state index contributed by atoms with van der Waals surface area (Å²) < 4.78 is 24.0. The van der Waals surface area contributed by atoms with Crippen molar-refractivity contribution in [3.63, 3.8) is 0 Å². The molecule has 2 heterocycles. The number of hydrogen-bond donors (Lipinski definition) is 0. The van der Waals surface area contributed by atoms with Gasteiger partial charge in [-0.05, 0) is 48.4 Å². The summed E-state index contributed by atoms with van der Waals surface area (Å²) in [7, 11) is 1.59. The molecular weight excluding hydrogens is 413 g/mol. The van der Waals surface area contributed by atoms with Gasteiger partial charge in [-0.15, -0.1) is 0 Å². The quantitative estimate of drug-likeness (QED) is 0.688. The van der Waals surface area contributed by atoms with Gasteiger partial charge in [-0.3, -0.25) is 14.5 Å². The molecule has 0 bridgehead atoms. The molecule has 2 aliphatic heterocycles. The molecule has 0 spiro atoms. The molecule has 7 nitrogen and oxygen atoms in total. The number of rotatable bonds is 6. The molecule has 2 amide bonds. The molecule has 2 fully saturated rings. The van der Waals surface area contributed by atoms with E-state index in [1.165, 1.54) is 12.1 Å². The van der Waals surface area contributed by atoms with E-state index in [0.29, 0.717) is 31.9 Å². The van der Waals surface area contributed by atoms with Crippen molar-refractivity contribution >= 4 is 11.8 Å². The van der Waals surface area contributed by atoms with E-state index < -0.39 is 0 Å². The van der Waals surface area contributed by atoms with E-state index >= 15 is 0 Å². The Balaban J connectivity index is 1.36. The van der Waals surface area contributed by atoms with E-state index in [1.807, 2.05) is 0 Å². The summed E-state index contributed by atoms with van der Waals surface area (Å²) in [5.74, 6) is 0.897. The van der Waals surface area contributed by atoms with Crippen molar-refractivity contribution in [2.75, 3.05) is 46.4 Å². The molecule has 2 saturated heterocycles. The highest BCUT2D eigenvalue weighted by atomic mass is 19.1. The number of carbonyl (C=O) groups excluding carboxylic acids is 2. The van der Waals surface area contributed by atoms with Gasteiger partial charge >= 0.3 is 0 Å². The Kier molecular flexibility index (Phi) is 6.90. The highest BCUT2D eigenvalue weighted by Crippen LogP contribution is 2.20. The van der Waals surface area contributed by atoms with Crippen molar-refractivity contribution in [2.24, 2.45) is 0 Å². The van der Waals surface area contributed by atoms with E-state index in [0.717, 1.165) is 30.8 Å². The Morgan fingerprint density at radius 2 is 1.72 bits per heavy atom. The van der Waals surface area contributed by atoms with Crippen molar-refractivity contribution in [1.82, 2.24) is 14.7 Å². The first-order valence-electron chi connectivity index (χ1n) is 10.9. The number of methoxy groups -OCH3 is 1. The summed E-state index contributed by atoms with van der Waals surface area (Å²) in [6.45, 7) is 3.49. The number of ether oxygens (including phenoxy) is 2. The van der Waals surface area contributed by atoms with Crippen LogP contribution in [0.25, 0.3) is 0 Å². The Hall–Kier alpha value is -3.13. The van der Waals surface area contributed by atoms with E-state index in [4.69, 9.17) is 9.47 Å². The van der Waals surface area contributed by atoms with Gasteiger partial charge in [-0.2, -0.15) is 0 Å². The Morgan fingerprint density at radius 3 is 2.44 bits per heavy atom. The lowest BCUT2D eigenvalue weighted by molar-refractivity contribution is -0.144. The van der Waals surface area contributed by atoms with Gasteiger partial charge < -0.3 is 19.3 Å². The zero-order chi connectivity index (χ0) is 22.5. The van der Waals surface area contributed by atoms with Gasteiger partial charge in [-0.25, -0.2) is 4.39 Å². The molecule has 0 radical (unpaired) electrons. The molecular formula is C24H28FN3O4. The number of carbonyl (C=O) groups is 2. The molecule has 2 aromatic carbocycles. The van der Waals surface area contributed by atoms with Crippen LogP contribution < -0.4 is 9.47 Å². The first-order chi connectivity index (χ1) is 15.5. The molecule has 8 heteroatoms. The lowest BCUT2D eigenvalue weighted by Crippen LogP contribution is -2.59. The fourth-order valence-corrected chi connectivity index (χ4v) is 4.21. The van der Waals surface area contributed by atoms with Crippen LogP contribution in [-0.4, -0.2) is 79.0 Å². The standard InChI is InChI=1S/C24H28FN3O4/c1-31-20-7-9-21(10-8-20)32-17-23(29)27-12-2-11-26-13-14-28(24(30)22(26)16-27)15-18-3-5-19(25)6-4-18/h3-10,22H,2,11-17H2,1H3. The minimum absolute atomic E-state index is 0.0105. The molecule has 0 aliphatic carbocycles. The van der Waals surface area contributed by atoms with Gasteiger partial charge in [0.05, 0.1) is 7.11 Å². The molecule has 4 rings (SSSR count). The van der Waals surface area contributed by atoms with Crippen LogP contribution in [0.1, 0.15) is 12.0 Å². The normalized spacial score (nSPS) is 19.3. The highest BCUT2D eigenvalue weighted by molar-refractivity contribution is 5.84. The fraction of sp³-hybridized carbons (Fsp3) is 0.417. The summed E-state index contributed by atoms with van der Waals surface area (Å²) in [6, 6.07) is 12.9. The number of piperazine rings is 1. The number of benzene rings is 2. The second-order valence-corrected chi connectivity index (χ2v) is 8.10. The van der Waals surface area contributed by atoms with Crippen LogP contribution in [0.15, 0.2) is 48.5 Å². The smallest absolute Gasteiger partial charge is 0.260 e. The SMILES string of the molecule is COc1ccc(OCC(=O)N2CCCN3CCN(Cc4ccc(F)cc4)C(=O)C3C2)cc1. The van der Waals surface area contributed by atoms with Crippen LogP contribution in [0.2, 0.25) is 0 Å². The second-order valence-electron chi connectivity index (χ2n) is 8.10. The van der Waals surface area contributed by atoms with Gasteiger partial charge in [0.2, 0.25) is 5.91 Å². The lowest BCUT2D eigenvalue weighted by atomic mass is 10.1. The third-order valence-corrected chi connectivity index (χ3v) is 6.02. The average molecular weight is 442 g/mol. The number of fused-ring (bicyclic) bond motifs is 1. The van der Waals surface area contributed by atoms with Crippen molar-refractivity contribution in [3.05, 3.63) is 59.9 Å². The number of amides is 2. The van der Waals surface area contributed by atoms with Crippen LogP contribution in [0.5, 0.6) is 11.5 Å². The minimum Gasteiger partial charge on any atom is -0.497 e.